The second-order valence-corrected chi connectivity index (χ2v) is 9.67. The van der Waals surface area contributed by atoms with Crippen molar-refractivity contribution in [2.75, 3.05) is 0 Å². The Hall–Kier alpha value is 0.660. The summed E-state index contributed by atoms with van der Waals surface area (Å²) in [6.07, 6.45) is 15.4. The second kappa shape index (κ2) is 11.3. The molecule has 0 bridgehead atoms. The molecule has 1 aromatic heterocycles. The summed E-state index contributed by atoms with van der Waals surface area (Å²) in [7, 11) is 0.210. The minimum Gasteiger partial charge on any atom is -0.0654 e. The summed E-state index contributed by atoms with van der Waals surface area (Å²) in [5.41, 5.74) is 0. The van der Waals surface area contributed by atoms with Gasteiger partial charge in [-0.25, -0.2) is 0 Å². The van der Waals surface area contributed by atoms with Crippen molar-refractivity contribution in [2.24, 2.45) is 0 Å². The normalized spacial score (nSPS) is 12.1. The van der Waals surface area contributed by atoms with Crippen LogP contribution >= 0.6 is 39.6 Å². The number of rotatable bonds is 11. The molecule has 0 saturated carbocycles. The Morgan fingerprint density at radius 3 is 1.89 bits per heavy atom. The first-order valence-electron chi connectivity index (χ1n) is 7.71. The molecule has 0 N–H and O–H groups in total. The van der Waals surface area contributed by atoms with Crippen molar-refractivity contribution in [3.8, 4) is 0 Å². The SMILES string of the molecule is CCCCCCCCCCCCc1cc(Br)c[s+]1Br. The zero-order chi connectivity index (χ0) is 13.9. The van der Waals surface area contributed by atoms with Crippen LogP contribution in [0.3, 0.4) is 0 Å². The molecule has 0 aliphatic heterocycles. The van der Waals surface area contributed by atoms with Gasteiger partial charge >= 0.3 is 0 Å². The molecule has 110 valence electrons. The average Bonchev–Trinajstić information content (AvgIpc) is 2.70. The first kappa shape index (κ1) is 17.7. The van der Waals surface area contributed by atoms with E-state index >= 15 is 0 Å². The molecular weight excluding hydrogens is 384 g/mol. The van der Waals surface area contributed by atoms with Gasteiger partial charge in [0.25, 0.3) is 14.8 Å². The van der Waals surface area contributed by atoms with Gasteiger partial charge in [0.1, 0.15) is 0 Å². The zero-order valence-electron chi connectivity index (χ0n) is 12.1. The fraction of sp³-hybridized carbons (Fsp3) is 0.750. The van der Waals surface area contributed by atoms with Crippen LogP contribution < -0.4 is 0 Å². The summed E-state index contributed by atoms with van der Waals surface area (Å²) in [5.74, 6) is 0. The lowest BCUT2D eigenvalue weighted by atomic mass is 10.1. The first-order chi connectivity index (χ1) is 9.24. The maximum Gasteiger partial charge on any atom is 0.268 e. The molecule has 0 fully saturated rings. The maximum atomic E-state index is 3.72. The van der Waals surface area contributed by atoms with Crippen molar-refractivity contribution in [1.29, 1.82) is 0 Å². The molecule has 1 aromatic rings. The minimum absolute atomic E-state index is 0.210. The molecular formula is C16H27Br2S+. The molecule has 0 nitrogen and oxygen atoms in total. The van der Waals surface area contributed by atoms with E-state index in [9.17, 15) is 0 Å². The van der Waals surface area contributed by atoms with Gasteiger partial charge in [0, 0.05) is 12.5 Å². The lowest BCUT2D eigenvalue weighted by Gasteiger charge is -2.01. The minimum atomic E-state index is 0.210. The molecule has 1 unspecified atom stereocenters. The highest BCUT2D eigenvalue weighted by molar-refractivity contribution is 9.34. The summed E-state index contributed by atoms with van der Waals surface area (Å²) in [6, 6.07) is 2.28. The third-order valence-electron chi connectivity index (χ3n) is 3.54. The van der Waals surface area contributed by atoms with Crippen molar-refractivity contribution in [1.82, 2.24) is 0 Å². The quantitative estimate of drug-likeness (QED) is 0.257. The molecule has 1 atom stereocenters. The number of hydrogen-bond donors (Lipinski definition) is 0. The van der Waals surface area contributed by atoms with Crippen molar-refractivity contribution in [2.45, 2.75) is 77.6 Å². The highest BCUT2D eigenvalue weighted by Gasteiger charge is 2.13. The van der Waals surface area contributed by atoms with E-state index in [0.29, 0.717) is 0 Å². The molecule has 19 heavy (non-hydrogen) atoms. The van der Waals surface area contributed by atoms with Crippen molar-refractivity contribution < 1.29 is 0 Å². The van der Waals surface area contributed by atoms with E-state index in [1.807, 2.05) is 0 Å². The Kier molecular flexibility index (Phi) is 10.6. The number of thiophene rings is 1. The molecule has 0 aromatic carbocycles. The van der Waals surface area contributed by atoms with Gasteiger partial charge in [-0.1, -0.05) is 64.7 Å². The van der Waals surface area contributed by atoms with Crippen LogP contribution in [0.15, 0.2) is 15.9 Å². The van der Waals surface area contributed by atoms with Gasteiger partial charge in [-0.05, 0) is 22.4 Å². The van der Waals surface area contributed by atoms with E-state index in [4.69, 9.17) is 0 Å². The van der Waals surface area contributed by atoms with Crippen LogP contribution in [0, 0.1) is 0 Å². The monoisotopic (exact) mass is 409 g/mol. The fourth-order valence-corrected chi connectivity index (χ4v) is 6.48. The Morgan fingerprint density at radius 2 is 1.42 bits per heavy atom. The van der Waals surface area contributed by atoms with Gasteiger partial charge in [0.05, 0.1) is 13.4 Å². The van der Waals surface area contributed by atoms with Crippen molar-refractivity contribution in [3.63, 3.8) is 0 Å². The molecule has 0 aliphatic rings. The Labute approximate surface area is 137 Å². The van der Waals surface area contributed by atoms with Crippen LogP contribution in [0.2, 0.25) is 0 Å². The van der Waals surface area contributed by atoms with E-state index in [-0.39, 0.29) is 8.90 Å². The number of hydrogen-bond acceptors (Lipinski definition) is 0. The van der Waals surface area contributed by atoms with Crippen molar-refractivity contribution >= 4 is 39.6 Å². The molecule has 0 saturated heterocycles. The average molecular weight is 411 g/mol. The Morgan fingerprint density at radius 1 is 0.895 bits per heavy atom. The van der Waals surface area contributed by atoms with Gasteiger partial charge in [0.15, 0.2) is 10.3 Å². The van der Waals surface area contributed by atoms with Crippen LogP contribution in [-0.2, 0) is 6.42 Å². The summed E-state index contributed by atoms with van der Waals surface area (Å²) in [4.78, 5) is 1.56. The van der Waals surface area contributed by atoms with Gasteiger partial charge < -0.3 is 0 Å². The lowest BCUT2D eigenvalue weighted by Crippen LogP contribution is -1.84. The van der Waals surface area contributed by atoms with Gasteiger partial charge in [-0.3, -0.25) is 0 Å². The smallest absolute Gasteiger partial charge is 0.0654 e. The van der Waals surface area contributed by atoms with E-state index in [1.165, 1.54) is 75.1 Å². The number of aryl methyl sites for hydroxylation is 1. The van der Waals surface area contributed by atoms with E-state index in [2.05, 4.69) is 49.1 Å². The third-order valence-corrected chi connectivity index (χ3v) is 7.40. The topological polar surface area (TPSA) is 0 Å². The van der Waals surface area contributed by atoms with Gasteiger partial charge in [-0.2, -0.15) is 0 Å². The molecule has 0 aliphatic carbocycles. The summed E-state index contributed by atoms with van der Waals surface area (Å²) in [5, 5.41) is 2.26. The molecule has 1 heterocycles. The van der Waals surface area contributed by atoms with Crippen LogP contribution in [0.1, 0.15) is 76.0 Å². The van der Waals surface area contributed by atoms with Crippen LogP contribution in [0.5, 0.6) is 0 Å². The Balaban J connectivity index is 1.90. The predicted octanol–water partition coefficient (Wildman–Crippen LogP) is 7.82. The third kappa shape index (κ3) is 8.52. The number of halogens is 2. The summed E-state index contributed by atoms with van der Waals surface area (Å²) in [6.45, 7) is 2.28. The molecule has 0 spiro atoms. The van der Waals surface area contributed by atoms with Crippen LogP contribution in [-0.4, -0.2) is 0 Å². The second-order valence-electron chi connectivity index (χ2n) is 5.33. The highest BCUT2D eigenvalue weighted by Crippen LogP contribution is 2.37. The molecule has 1 rings (SSSR count). The lowest BCUT2D eigenvalue weighted by molar-refractivity contribution is 0.557. The predicted molar refractivity (Wildman–Crippen MR) is 96.5 cm³/mol. The molecule has 3 heteroatoms. The first-order valence-corrected chi connectivity index (χ1v) is 11.6. The van der Waals surface area contributed by atoms with Crippen LogP contribution in [0.4, 0.5) is 0 Å². The summed E-state index contributed by atoms with van der Waals surface area (Å²) < 4.78 is 1.25. The summed E-state index contributed by atoms with van der Waals surface area (Å²) >= 11 is 7.27. The highest BCUT2D eigenvalue weighted by atomic mass is 79.9. The molecule has 0 amide bonds. The molecule has 0 radical (unpaired) electrons. The van der Waals surface area contributed by atoms with E-state index < -0.39 is 0 Å². The van der Waals surface area contributed by atoms with E-state index in [0.717, 1.165) is 0 Å². The van der Waals surface area contributed by atoms with E-state index in [1.54, 1.807) is 4.88 Å². The van der Waals surface area contributed by atoms with Crippen molar-refractivity contribution in [3.05, 3.63) is 20.8 Å². The Bertz CT molecular complexity index is 333. The largest absolute Gasteiger partial charge is 0.268 e. The maximum absolute atomic E-state index is 3.72. The fourth-order valence-electron chi connectivity index (χ4n) is 2.37. The zero-order valence-corrected chi connectivity index (χ0v) is 16.1. The number of unbranched alkanes of at least 4 members (excludes halogenated alkanes) is 9. The standard InChI is InChI=1S/C16H27Br2S/c1-2-3-4-5-6-7-8-9-10-11-12-16-13-15(17)14-19(16)18/h13-14H,2-12H2,1H3/q+1. The van der Waals surface area contributed by atoms with Gasteiger partial charge in [-0.15, -0.1) is 0 Å². The van der Waals surface area contributed by atoms with Gasteiger partial charge in [0.2, 0.25) is 0 Å². The van der Waals surface area contributed by atoms with Crippen LogP contribution in [0.25, 0.3) is 0 Å².